The number of aryl methyl sites for hydroxylation is 1. The van der Waals surface area contributed by atoms with Gasteiger partial charge in [-0.3, -0.25) is 0 Å². The van der Waals surface area contributed by atoms with Gasteiger partial charge < -0.3 is 10.3 Å². The van der Waals surface area contributed by atoms with Crippen molar-refractivity contribution in [2.24, 2.45) is 0 Å². The number of hydrogen-bond donors (Lipinski definition) is 2. The number of fused-ring (bicyclic) bond motifs is 3. The van der Waals surface area contributed by atoms with Crippen molar-refractivity contribution in [3.63, 3.8) is 0 Å². The molecule has 0 saturated carbocycles. The van der Waals surface area contributed by atoms with Gasteiger partial charge in [-0.1, -0.05) is 46.3 Å². The Labute approximate surface area is 157 Å². The van der Waals surface area contributed by atoms with E-state index in [9.17, 15) is 0 Å². The first kappa shape index (κ1) is 17.5. The second-order valence-corrected chi connectivity index (χ2v) is 7.37. The molecule has 1 aliphatic carbocycles. The van der Waals surface area contributed by atoms with Gasteiger partial charge in [0.2, 0.25) is 0 Å². The van der Waals surface area contributed by atoms with E-state index in [1.54, 1.807) is 0 Å². The molecule has 0 unspecified atom stereocenters. The summed E-state index contributed by atoms with van der Waals surface area (Å²) in [6, 6.07) is 18.0. The van der Waals surface area contributed by atoms with Crippen molar-refractivity contribution in [1.82, 2.24) is 10.3 Å². The highest BCUT2D eigenvalue weighted by molar-refractivity contribution is 9.10. The molecule has 2 aromatic carbocycles. The third-order valence-corrected chi connectivity index (χ3v) is 5.41. The lowest BCUT2D eigenvalue weighted by Crippen LogP contribution is -2.27. The molecule has 2 nitrogen and oxygen atoms in total. The molecule has 0 saturated heterocycles. The molecule has 4 heteroatoms. The van der Waals surface area contributed by atoms with Crippen molar-refractivity contribution >= 4 is 39.2 Å². The molecule has 0 bridgehead atoms. The zero-order valence-corrected chi connectivity index (χ0v) is 16.1. The van der Waals surface area contributed by atoms with Gasteiger partial charge in [-0.05, 0) is 55.5 Å². The van der Waals surface area contributed by atoms with Gasteiger partial charge in [0, 0.05) is 33.2 Å². The van der Waals surface area contributed by atoms with Gasteiger partial charge in [0.25, 0.3) is 0 Å². The minimum Gasteiger partial charge on any atom is -0.357 e. The first-order valence-electron chi connectivity index (χ1n) is 8.33. The quantitative estimate of drug-likeness (QED) is 0.543. The highest BCUT2D eigenvalue weighted by Gasteiger charge is 2.25. The van der Waals surface area contributed by atoms with Crippen LogP contribution in [0.4, 0.5) is 0 Å². The summed E-state index contributed by atoms with van der Waals surface area (Å²) in [7, 11) is 0. The molecule has 2 N–H and O–H groups in total. The molecule has 2 atom stereocenters. The van der Waals surface area contributed by atoms with Crippen LogP contribution in [0.15, 0.2) is 53.0 Å². The molecule has 0 amide bonds. The van der Waals surface area contributed by atoms with Gasteiger partial charge in [0.1, 0.15) is 0 Å². The predicted octanol–water partition coefficient (Wildman–Crippen LogP) is 6.08. The fourth-order valence-electron chi connectivity index (χ4n) is 3.74. The van der Waals surface area contributed by atoms with Crippen LogP contribution in [0.25, 0.3) is 10.9 Å². The molecule has 3 aromatic rings. The zero-order chi connectivity index (χ0) is 15.8. The van der Waals surface area contributed by atoms with Crippen molar-refractivity contribution in [3.8, 4) is 0 Å². The molecule has 1 aromatic heterocycles. The lowest BCUT2D eigenvalue weighted by molar-refractivity contribution is 0.410. The maximum absolute atomic E-state index is 3.82. The molecule has 0 aliphatic heterocycles. The van der Waals surface area contributed by atoms with Crippen LogP contribution in [0, 0.1) is 0 Å². The molecule has 126 valence electrons. The van der Waals surface area contributed by atoms with E-state index >= 15 is 0 Å². The van der Waals surface area contributed by atoms with E-state index in [0.29, 0.717) is 12.1 Å². The Kier molecular flexibility index (Phi) is 5.33. The average Bonchev–Trinajstić information content (AvgIpc) is 2.95. The maximum Gasteiger partial charge on any atom is 0.0480 e. The summed E-state index contributed by atoms with van der Waals surface area (Å²) in [5.74, 6) is 0. The molecule has 4 rings (SSSR count). The molecule has 0 fully saturated rings. The Hall–Kier alpha value is -1.29. The number of halogens is 2. The van der Waals surface area contributed by atoms with Crippen molar-refractivity contribution < 1.29 is 0 Å². The fraction of sp³-hybridized carbons (Fsp3) is 0.300. The summed E-state index contributed by atoms with van der Waals surface area (Å²) in [5.41, 5.74) is 5.47. The summed E-state index contributed by atoms with van der Waals surface area (Å²) in [5, 5.41) is 5.19. The van der Waals surface area contributed by atoms with Gasteiger partial charge in [0.05, 0.1) is 0 Å². The van der Waals surface area contributed by atoms with Crippen molar-refractivity contribution in [3.05, 3.63) is 69.8 Å². The predicted molar refractivity (Wildman–Crippen MR) is 107 cm³/mol. The minimum atomic E-state index is 0. The normalized spacial score (nSPS) is 18.0. The fourth-order valence-corrected chi connectivity index (χ4v) is 4.10. The molecular weight excluding hydrogens is 384 g/mol. The van der Waals surface area contributed by atoms with Crippen LogP contribution in [-0.4, -0.2) is 4.98 Å². The number of nitrogens with one attached hydrogen (secondary N) is 2. The number of rotatable bonds is 3. The SMILES string of the molecule is C[C@H](N[C@H]1CCCc2c1[nH]c1ccc(Br)cc21)c1ccccc1.Cl. The summed E-state index contributed by atoms with van der Waals surface area (Å²) in [6.07, 6.45) is 3.60. The topological polar surface area (TPSA) is 27.8 Å². The van der Waals surface area contributed by atoms with Crippen LogP contribution in [0.1, 0.15) is 48.7 Å². The molecule has 0 radical (unpaired) electrons. The Morgan fingerprint density at radius 1 is 1.17 bits per heavy atom. The van der Waals surface area contributed by atoms with Gasteiger partial charge in [0.15, 0.2) is 0 Å². The first-order valence-corrected chi connectivity index (χ1v) is 9.12. The van der Waals surface area contributed by atoms with Crippen LogP contribution in [0.5, 0.6) is 0 Å². The standard InChI is InChI=1S/C20H21BrN2.ClH/c1-13(14-6-3-2-4-7-14)22-19-9-5-8-16-17-12-15(21)10-11-18(17)23-20(16)19;/h2-4,6-7,10-13,19,22-23H,5,8-9H2,1H3;1H/t13-,19-;/m0./s1. The third-order valence-electron chi connectivity index (χ3n) is 4.92. The van der Waals surface area contributed by atoms with Crippen molar-refractivity contribution in [1.29, 1.82) is 0 Å². The Morgan fingerprint density at radius 2 is 1.96 bits per heavy atom. The van der Waals surface area contributed by atoms with Gasteiger partial charge in [-0.15, -0.1) is 12.4 Å². The molecular formula is C20H22BrClN2. The lowest BCUT2D eigenvalue weighted by Gasteiger charge is -2.27. The molecule has 1 heterocycles. The monoisotopic (exact) mass is 404 g/mol. The van der Waals surface area contributed by atoms with Crippen molar-refractivity contribution in [2.45, 2.75) is 38.3 Å². The minimum absolute atomic E-state index is 0. The lowest BCUT2D eigenvalue weighted by atomic mass is 9.91. The number of H-pyrrole nitrogens is 1. The second-order valence-electron chi connectivity index (χ2n) is 6.45. The smallest absolute Gasteiger partial charge is 0.0480 e. The van der Waals surface area contributed by atoms with E-state index < -0.39 is 0 Å². The third kappa shape index (κ3) is 3.26. The number of hydrogen-bond acceptors (Lipinski definition) is 1. The van der Waals surface area contributed by atoms with Crippen LogP contribution in [0.2, 0.25) is 0 Å². The number of aromatic amines is 1. The molecule has 0 spiro atoms. The van der Waals surface area contributed by atoms with E-state index in [4.69, 9.17) is 0 Å². The van der Waals surface area contributed by atoms with Gasteiger partial charge in [-0.25, -0.2) is 0 Å². The first-order chi connectivity index (χ1) is 11.2. The summed E-state index contributed by atoms with van der Waals surface area (Å²) < 4.78 is 1.15. The van der Waals surface area contributed by atoms with Crippen LogP contribution in [0.3, 0.4) is 0 Å². The second kappa shape index (κ2) is 7.30. The van der Waals surface area contributed by atoms with Crippen LogP contribution in [-0.2, 0) is 6.42 Å². The summed E-state index contributed by atoms with van der Waals surface area (Å²) in [6.45, 7) is 2.25. The largest absolute Gasteiger partial charge is 0.357 e. The summed E-state index contributed by atoms with van der Waals surface area (Å²) >= 11 is 3.60. The Balaban J connectivity index is 0.00000169. The maximum atomic E-state index is 3.82. The summed E-state index contributed by atoms with van der Waals surface area (Å²) in [4.78, 5) is 3.67. The van der Waals surface area contributed by atoms with Crippen LogP contribution >= 0.6 is 28.3 Å². The zero-order valence-electron chi connectivity index (χ0n) is 13.7. The van der Waals surface area contributed by atoms with Gasteiger partial charge >= 0.3 is 0 Å². The van der Waals surface area contributed by atoms with E-state index in [-0.39, 0.29) is 12.4 Å². The highest BCUT2D eigenvalue weighted by Crippen LogP contribution is 2.36. The Bertz CT molecular complexity index is 828. The van der Waals surface area contributed by atoms with E-state index in [0.717, 1.165) is 4.47 Å². The van der Waals surface area contributed by atoms with E-state index in [1.807, 2.05) is 0 Å². The Morgan fingerprint density at radius 3 is 2.75 bits per heavy atom. The number of aromatic nitrogens is 1. The molecule has 1 aliphatic rings. The molecule has 24 heavy (non-hydrogen) atoms. The van der Waals surface area contributed by atoms with Gasteiger partial charge in [-0.2, -0.15) is 0 Å². The highest BCUT2D eigenvalue weighted by atomic mass is 79.9. The van der Waals surface area contributed by atoms with Crippen molar-refractivity contribution in [2.75, 3.05) is 0 Å². The van der Waals surface area contributed by atoms with E-state index in [2.05, 4.69) is 81.7 Å². The number of benzene rings is 2. The van der Waals surface area contributed by atoms with Crippen LogP contribution < -0.4 is 5.32 Å². The average molecular weight is 406 g/mol. The van der Waals surface area contributed by atoms with E-state index in [1.165, 1.54) is 47.0 Å².